The molecule has 178 valence electrons. The summed E-state index contributed by atoms with van der Waals surface area (Å²) in [4.78, 5) is 37.3. The van der Waals surface area contributed by atoms with Gasteiger partial charge in [0.1, 0.15) is 28.3 Å². The van der Waals surface area contributed by atoms with E-state index in [1.807, 2.05) is 38.2 Å². The van der Waals surface area contributed by atoms with Crippen molar-refractivity contribution in [3.8, 4) is 11.5 Å². The van der Waals surface area contributed by atoms with Gasteiger partial charge in [-0.25, -0.2) is 24.7 Å². The molecule has 1 atom stereocenters. The second kappa shape index (κ2) is 10.1. The summed E-state index contributed by atoms with van der Waals surface area (Å²) in [5.74, 6) is 1.76. The minimum atomic E-state index is -0.303. The zero-order chi connectivity index (χ0) is 24.2. The van der Waals surface area contributed by atoms with Crippen LogP contribution < -0.4 is 10.6 Å². The van der Waals surface area contributed by atoms with E-state index in [1.165, 1.54) is 11.3 Å². The largest absolute Gasteiger partial charge is 0.457 e. The number of hydrogen-bond donors (Lipinski definition) is 2. The smallest absolute Gasteiger partial charge is 0.348 e. The molecule has 1 saturated heterocycles. The van der Waals surface area contributed by atoms with Gasteiger partial charge in [-0.3, -0.25) is 0 Å². The number of aryl methyl sites for hydroxylation is 1. The van der Waals surface area contributed by atoms with Crippen LogP contribution in [0.4, 0.5) is 22.6 Å². The first-order chi connectivity index (χ1) is 17.0. The summed E-state index contributed by atoms with van der Waals surface area (Å²) in [5, 5.41) is 7.07. The van der Waals surface area contributed by atoms with Crippen molar-refractivity contribution in [1.29, 1.82) is 0 Å². The average Bonchev–Trinajstić information content (AvgIpc) is 3.48. The van der Waals surface area contributed by atoms with E-state index >= 15 is 0 Å². The first kappa shape index (κ1) is 22.8. The van der Waals surface area contributed by atoms with Gasteiger partial charge >= 0.3 is 5.97 Å². The zero-order valence-corrected chi connectivity index (χ0v) is 20.1. The number of ether oxygens (including phenoxy) is 1. The maximum absolute atomic E-state index is 12.5. The quantitative estimate of drug-likeness (QED) is 0.369. The second-order valence-corrected chi connectivity index (χ2v) is 9.27. The van der Waals surface area contributed by atoms with Crippen LogP contribution in [0.3, 0.4) is 0 Å². The van der Waals surface area contributed by atoms with Gasteiger partial charge < -0.3 is 20.3 Å². The molecule has 11 heteroatoms. The van der Waals surface area contributed by atoms with E-state index in [-0.39, 0.29) is 12.1 Å². The Balaban J connectivity index is 1.24. The highest BCUT2D eigenvalue weighted by molar-refractivity contribution is 7.17. The molecule has 4 aromatic heterocycles. The summed E-state index contributed by atoms with van der Waals surface area (Å²) in [6.45, 7) is 3.64. The lowest BCUT2D eigenvalue weighted by atomic mass is 10.3. The molecule has 1 aliphatic heterocycles. The molecule has 0 saturated carbocycles. The molecule has 10 nitrogen and oxygen atoms in total. The number of carbonyl (C=O) groups excluding carboxylic acids is 1. The molecule has 1 aliphatic rings. The topological polar surface area (TPSA) is 118 Å². The number of aromatic nitrogens is 5. The third-order valence-electron chi connectivity index (χ3n) is 5.35. The van der Waals surface area contributed by atoms with Gasteiger partial charge in [0.15, 0.2) is 5.82 Å². The van der Waals surface area contributed by atoms with E-state index < -0.39 is 0 Å². The molecule has 5 rings (SSSR count). The SMILES string of the molecule is Cc1cccc(-c2nccc(Nc3ccnc(Nc4ccc(C(=O)O[C@@H]5CCN(C)C5)s4)n3)n2)n1. The number of rotatable bonds is 7. The monoisotopic (exact) mass is 488 g/mol. The highest BCUT2D eigenvalue weighted by Crippen LogP contribution is 2.26. The minimum Gasteiger partial charge on any atom is -0.457 e. The van der Waals surface area contributed by atoms with Crippen molar-refractivity contribution in [1.82, 2.24) is 29.8 Å². The number of thiophene rings is 1. The molecule has 0 spiro atoms. The van der Waals surface area contributed by atoms with Crippen LogP contribution in [-0.2, 0) is 4.74 Å². The van der Waals surface area contributed by atoms with Gasteiger partial charge in [0, 0.05) is 31.2 Å². The predicted molar refractivity (Wildman–Crippen MR) is 134 cm³/mol. The molecule has 0 aromatic carbocycles. The van der Waals surface area contributed by atoms with Crippen molar-refractivity contribution in [2.24, 2.45) is 0 Å². The number of likely N-dealkylation sites (tertiary alicyclic amines) is 1. The lowest BCUT2D eigenvalue weighted by molar-refractivity contribution is 0.0333. The molecule has 0 aliphatic carbocycles. The summed E-state index contributed by atoms with van der Waals surface area (Å²) in [6.07, 6.45) is 4.12. The maximum atomic E-state index is 12.5. The van der Waals surface area contributed by atoms with Gasteiger partial charge in [-0.15, -0.1) is 11.3 Å². The second-order valence-electron chi connectivity index (χ2n) is 8.19. The van der Waals surface area contributed by atoms with Crippen LogP contribution in [0.25, 0.3) is 11.5 Å². The van der Waals surface area contributed by atoms with Gasteiger partial charge in [0.2, 0.25) is 5.95 Å². The Labute approximate surface area is 206 Å². The molecule has 5 heterocycles. The summed E-state index contributed by atoms with van der Waals surface area (Å²) >= 11 is 1.30. The highest BCUT2D eigenvalue weighted by atomic mass is 32.1. The molecule has 1 fully saturated rings. The molecule has 2 N–H and O–H groups in total. The van der Waals surface area contributed by atoms with Crippen molar-refractivity contribution in [3.05, 3.63) is 65.4 Å². The fourth-order valence-corrected chi connectivity index (χ4v) is 4.45. The van der Waals surface area contributed by atoms with Gasteiger partial charge in [-0.2, -0.15) is 4.98 Å². The number of hydrogen-bond acceptors (Lipinski definition) is 11. The van der Waals surface area contributed by atoms with Crippen molar-refractivity contribution in [3.63, 3.8) is 0 Å². The standard InChI is InChI=1S/C24H24N8O2S/c1-15-4-3-5-17(27-15)22-25-11-8-19(29-22)28-20-9-12-26-24(30-20)31-21-7-6-18(35-21)23(33)34-16-10-13-32(2)14-16/h3-9,11-12,16H,10,13-14H2,1-2H3,(H2,25,26,28,29,30,31)/t16-/m1/s1. The number of likely N-dealkylation sites (N-methyl/N-ethyl adjacent to an activating group) is 1. The Morgan fingerprint density at radius 3 is 2.66 bits per heavy atom. The Morgan fingerprint density at radius 2 is 1.86 bits per heavy atom. The highest BCUT2D eigenvalue weighted by Gasteiger charge is 2.24. The summed E-state index contributed by atoms with van der Waals surface area (Å²) in [6, 6.07) is 12.8. The zero-order valence-electron chi connectivity index (χ0n) is 19.3. The maximum Gasteiger partial charge on any atom is 0.348 e. The molecule has 4 aromatic rings. The molecule has 0 bridgehead atoms. The van der Waals surface area contributed by atoms with Crippen LogP contribution in [0.1, 0.15) is 21.8 Å². The third-order valence-corrected chi connectivity index (χ3v) is 6.33. The third kappa shape index (κ3) is 5.76. The summed E-state index contributed by atoms with van der Waals surface area (Å²) in [5.41, 5.74) is 1.60. The normalized spacial score (nSPS) is 15.7. The fourth-order valence-electron chi connectivity index (χ4n) is 3.66. The molecule has 0 amide bonds. The van der Waals surface area contributed by atoms with Crippen LogP contribution >= 0.6 is 11.3 Å². The number of nitrogens with zero attached hydrogens (tertiary/aromatic N) is 6. The molecule has 0 radical (unpaired) electrons. The lowest BCUT2D eigenvalue weighted by Crippen LogP contribution is -2.21. The van der Waals surface area contributed by atoms with Crippen LogP contribution in [-0.4, -0.2) is 62.0 Å². The molecule has 35 heavy (non-hydrogen) atoms. The van der Waals surface area contributed by atoms with Crippen molar-refractivity contribution in [2.45, 2.75) is 19.4 Å². The Morgan fingerprint density at radius 1 is 1.03 bits per heavy atom. The van der Waals surface area contributed by atoms with Crippen LogP contribution in [0, 0.1) is 6.92 Å². The fraction of sp³-hybridized carbons (Fsp3) is 0.250. The van der Waals surface area contributed by atoms with Gasteiger partial charge in [-0.1, -0.05) is 6.07 Å². The first-order valence-corrected chi connectivity index (χ1v) is 12.0. The van der Waals surface area contributed by atoms with Gasteiger partial charge in [0.05, 0.1) is 5.00 Å². The predicted octanol–water partition coefficient (Wildman–Crippen LogP) is 4.05. The van der Waals surface area contributed by atoms with E-state index in [1.54, 1.807) is 30.6 Å². The van der Waals surface area contributed by atoms with E-state index in [4.69, 9.17) is 4.74 Å². The Bertz CT molecular complexity index is 1340. The molecule has 0 unspecified atom stereocenters. The molecular weight excluding hydrogens is 464 g/mol. The van der Waals surface area contributed by atoms with Crippen molar-refractivity contribution < 1.29 is 9.53 Å². The molecular formula is C24H24N8O2S. The van der Waals surface area contributed by atoms with E-state index in [0.717, 1.165) is 30.2 Å². The minimum absolute atomic E-state index is 0.0545. The van der Waals surface area contributed by atoms with E-state index in [2.05, 4.69) is 40.5 Å². The number of pyridine rings is 1. The van der Waals surface area contributed by atoms with Gasteiger partial charge in [0.25, 0.3) is 0 Å². The number of carbonyl (C=O) groups is 1. The van der Waals surface area contributed by atoms with E-state index in [0.29, 0.717) is 34.0 Å². The Kier molecular flexibility index (Phi) is 6.59. The first-order valence-electron chi connectivity index (χ1n) is 11.2. The van der Waals surface area contributed by atoms with Crippen LogP contribution in [0.2, 0.25) is 0 Å². The summed E-state index contributed by atoms with van der Waals surface area (Å²) in [7, 11) is 2.02. The van der Waals surface area contributed by atoms with Crippen LogP contribution in [0.5, 0.6) is 0 Å². The number of esters is 1. The average molecular weight is 489 g/mol. The van der Waals surface area contributed by atoms with Crippen molar-refractivity contribution in [2.75, 3.05) is 30.8 Å². The number of anilines is 4. The van der Waals surface area contributed by atoms with E-state index in [9.17, 15) is 4.79 Å². The lowest BCUT2D eigenvalue weighted by Gasteiger charge is -2.11. The van der Waals surface area contributed by atoms with Crippen molar-refractivity contribution >= 4 is 39.9 Å². The summed E-state index contributed by atoms with van der Waals surface area (Å²) < 4.78 is 5.61. The van der Waals surface area contributed by atoms with Gasteiger partial charge in [-0.05, 0) is 56.8 Å². The Hall–Kier alpha value is -3.96. The van der Waals surface area contributed by atoms with Crippen LogP contribution in [0.15, 0.2) is 54.9 Å². The number of nitrogens with one attached hydrogen (secondary N) is 2.